The summed E-state index contributed by atoms with van der Waals surface area (Å²) in [6, 6.07) is 16.0. The van der Waals surface area contributed by atoms with Gasteiger partial charge in [-0.05, 0) is 74.4 Å². The molecule has 37 heavy (non-hydrogen) atoms. The smallest absolute Gasteiger partial charge is 0.343 e. The second-order valence-corrected chi connectivity index (χ2v) is 9.68. The molecule has 0 spiro atoms. The normalized spacial score (nSPS) is 19.6. The Morgan fingerprint density at radius 2 is 1.78 bits per heavy atom. The molecule has 6 heteroatoms. The van der Waals surface area contributed by atoms with E-state index in [-0.39, 0.29) is 24.3 Å². The lowest BCUT2D eigenvalue weighted by molar-refractivity contribution is -0.155. The van der Waals surface area contributed by atoms with E-state index in [4.69, 9.17) is 9.47 Å². The maximum Gasteiger partial charge on any atom is 0.343 e. The van der Waals surface area contributed by atoms with E-state index in [1.165, 1.54) is 0 Å². The highest BCUT2D eigenvalue weighted by molar-refractivity contribution is 5.99. The van der Waals surface area contributed by atoms with Crippen molar-refractivity contribution in [3.05, 3.63) is 89.5 Å². The summed E-state index contributed by atoms with van der Waals surface area (Å²) in [5.74, 6) is 0.269. The standard InChI is InChI=1S/C31H35NO5/c1-2-24-19-20-32(21-28(33)25-9-5-3-6-10-25)22-29(24)37-30(34)18-15-23-13-16-27(17-14-23)36-31(35)26-11-7-4-8-12-26/h4-5,7-14,16-17,24,29H,2-3,6,15,18-22H2,1H3/t24?,29-/m0/s1. The number of benzene rings is 2. The largest absolute Gasteiger partial charge is 0.461 e. The van der Waals surface area contributed by atoms with Crippen molar-refractivity contribution in [3.63, 3.8) is 0 Å². The molecule has 0 saturated carbocycles. The minimum atomic E-state index is -0.405. The minimum absolute atomic E-state index is 0.133. The predicted molar refractivity (Wildman–Crippen MR) is 142 cm³/mol. The van der Waals surface area contributed by atoms with Gasteiger partial charge < -0.3 is 9.47 Å². The summed E-state index contributed by atoms with van der Waals surface area (Å²) in [6.07, 6.45) is 10.3. The molecule has 1 unspecified atom stereocenters. The second-order valence-electron chi connectivity index (χ2n) is 9.68. The molecule has 2 aliphatic rings. The summed E-state index contributed by atoms with van der Waals surface area (Å²) in [5, 5.41) is 0. The van der Waals surface area contributed by atoms with E-state index in [0.717, 1.165) is 43.4 Å². The zero-order valence-electron chi connectivity index (χ0n) is 21.4. The van der Waals surface area contributed by atoms with Gasteiger partial charge in [0.15, 0.2) is 5.78 Å². The van der Waals surface area contributed by atoms with E-state index in [9.17, 15) is 14.4 Å². The number of carbonyl (C=O) groups is 3. The Morgan fingerprint density at radius 1 is 1.00 bits per heavy atom. The Labute approximate surface area is 219 Å². The first-order valence-corrected chi connectivity index (χ1v) is 13.2. The first kappa shape index (κ1) is 26.6. The number of hydrogen-bond acceptors (Lipinski definition) is 6. The number of allylic oxidation sites excluding steroid dienone is 3. The van der Waals surface area contributed by atoms with Gasteiger partial charge in [0.1, 0.15) is 11.9 Å². The minimum Gasteiger partial charge on any atom is -0.461 e. The lowest BCUT2D eigenvalue weighted by Gasteiger charge is -2.37. The van der Waals surface area contributed by atoms with Crippen LogP contribution in [0.1, 0.15) is 54.9 Å². The van der Waals surface area contributed by atoms with Crippen molar-refractivity contribution >= 4 is 17.7 Å². The Bertz CT molecular complexity index is 1140. The monoisotopic (exact) mass is 501 g/mol. The Kier molecular flexibility index (Phi) is 9.44. The molecule has 0 amide bonds. The lowest BCUT2D eigenvalue weighted by atomic mass is 9.91. The predicted octanol–water partition coefficient (Wildman–Crippen LogP) is 5.33. The van der Waals surface area contributed by atoms with Gasteiger partial charge in [0.05, 0.1) is 12.1 Å². The number of carbonyl (C=O) groups excluding carboxylic acids is 3. The fourth-order valence-electron chi connectivity index (χ4n) is 4.83. The number of ether oxygens (including phenoxy) is 2. The molecule has 2 aromatic carbocycles. The molecule has 0 aromatic heterocycles. The lowest BCUT2D eigenvalue weighted by Crippen LogP contribution is -2.47. The number of Topliss-reactive ketones (excluding diaryl/α,β-unsaturated/α-hetero) is 1. The van der Waals surface area contributed by atoms with Crippen molar-refractivity contribution in [1.29, 1.82) is 0 Å². The molecule has 2 atom stereocenters. The van der Waals surface area contributed by atoms with Gasteiger partial charge in [0.25, 0.3) is 0 Å². The van der Waals surface area contributed by atoms with Gasteiger partial charge in [-0.2, -0.15) is 0 Å². The molecule has 0 radical (unpaired) electrons. The van der Waals surface area contributed by atoms with Crippen LogP contribution in [0.4, 0.5) is 0 Å². The topological polar surface area (TPSA) is 72.9 Å². The molecule has 1 heterocycles. The van der Waals surface area contributed by atoms with Crippen molar-refractivity contribution in [2.45, 2.75) is 51.6 Å². The van der Waals surface area contributed by atoms with Crippen LogP contribution in [0.2, 0.25) is 0 Å². The number of rotatable bonds is 10. The molecular formula is C31H35NO5. The average Bonchev–Trinajstić information content (AvgIpc) is 2.94. The van der Waals surface area contributed by atoms with Gasteiger partial charge in [-0.3, -0.25) is 14.5 Å². The number of likely N-dealkylation sites (tertiary alicyclic amines) is 1. The van der Waals surface area contributed by atoms with Crippen LogP contribution in [-0.4, -0.2) is 48.4 Å². The van der Waals surface area contributed by atoms with Crippen LogP contribution >= 0.6 is 0 Å². The molecule has 0 bridgehead atoms. The third kappa shape index (κ3) is 7.73. The van der Waals surface area contributed by atoms with Crippen LogP contribution in [0.15, 0.2) is 78.4 Å². The molecule has 194 valence electrons. The van der Waals surface area contributed by atoms with Crippen molar-refractivity contribution in [2.75, 3.05) is 19.6 Å². The zero-order valence-corrected chi connectivity index (χ0v) is 21.4. The van der Waals surface area contributed by atoms with E-state index in [2.05, 4.69) is 11.8 Å². The van der Waals surface area contributed by atoms with Crippen molar-refractivity contribution in [1.82, 2.24) is 4.90 Å². The van der Waals surface area contributed by atoms with Gasteiger partial charge in [-0.15, -0.1) is 0 Å². The van der Waals surface area contributed by atoms with Crippen LogP contribution in [0, 0.1) is 5.92 Å². The van der Waals surface area contributed by atoms with Crippen LogP contribution in [0.3, 0.4) is 0 Å². The highest BCUT2D eigenvalue weighted by Crippen LogP contribution is 2.25. The van der Waals surface area contributed by atoms with Crippen LogP contribution in [0.25, 0.3) is 0 Å². The second kappa shape index (κ2) is 13.2. The van der Waals surface area contributed by atoms with Crippen LogP contribution in [0.5, 0.6) is 5.75 Å². The van der Waals surface area contributed by atoms with Crippen LogP contribution < -0.4 is 4.74 Å². The molecular weight excluding hydrogens is 466 g/mol. The Hall–Kier alpha value is -3.51. The molecule has 1 aliphatic carbocycles. The van der Waals surface area contributed by atoms with E-state index in [1.54, 1.807) is 36.4 Å². The molecule has 4 rings (SSSR count). The average molecular weight is 502 g/mol. The SMILES string of the molecule is CCC1CCN(CC(=O)C2=CCCC=C2)C[C@@H]1OC(=O)CCc1ccc(OC(=O)c2ccccc2)cc1. The summed E-state index contributed by atoms with van der Waals surface area (Å²) in [7, 11) is 0. The Morgan fingerprint density at radius 3 is 2.49 bits per heavy atom. The fraction of sp³-hybridized carbons (Fsp3) is 0.387. The summed E-state index contributed by atoms with van der Waals surface area (Å²) in [6.45, 7) is 3.92. The van der Waals surface area contributed by atoms with Gasteiger partial charge >= 0.3 is 11.9 Å². The maximum absolute atomic E-state index is 12.7. The van der Waals surface area contributed by atoms with E-state index in [0.29, 0.717) is 36.7 Å². The summed E-state index contributed by atoms with van der Waals surface area (Å²) in [4.78, 5) is 39.7. The van der Waals surface area contributed by atoms with Crippen molar-refractivity contribution in [3.8, 4) is 5.75 Å². The number of piperidine rings is 1. The number of hydrogen-bond donors (Lipinski definition) is 0. The summed E-state index contributed by atoms with van der Waals surface area (Å²) in [5.41, 5.74) is 2.25. The maximum atomic E-state index is 12.7. The van der Waals surface area contributed by atoms with Gasteiger partial charge in [-0.1, -0.05) is 55.5 Å². The third-order valence-corrected chi connectivity index (χ3v) is 7.03. The molecule has 0 N–H and O–H groups in total. The molecule has 6 nitrogen and oxygen atoms in total. The van der Waals surface area contributed by atoms with Crippen LogP contribution in [-0.2, 0) is 20.7 Å². The van der Waals surface area contributed by atoms with Crippen molar-refractivity contribution < 1.29 is 23.9 Å². The molecule has 1 fully saturated rings. The number of esters is 2. The first-order chi connectivity index (χ1) is 18.0. The van der Waals surface area contributed by atoms with Gasteiger partial charge in [0, 0.05) is 18.5 Å². The van der Waals surface area contributed by atoms with E-state index < -0.39 is 5.97 Å². The Balaban J connectivity index is 1.24. The molecule has 2 aromatic rings. The zero-order chi connectivity index (χ0) is 26.0. The fourth-order valence-corrected chi connectivity index (χ4v) is 4.83. The first-order valence-electron chi connectivity index (χ1n) is 13.2. The van der Waals surface area contributed by atoms with E-state index in [1.807, 2.05) is 36.4 Å². The summed E-state index contributed by atoms with van der Waals surface area (Å²) >= 11 is 0. The highest BCUT2D eigenvalue weighted by Gasteiger charge is 2.32. The molecule has 1 saturated heterocycles. The quantitative estimate of drug-likeness (QED) is 0.324. The number of aryl methyl sites for hydroxylation is 1. The highest BCUT2D eigenvalue weighted by atomic mass is 16.5. The molecule has 1 aliphatic heterocycles. The van der Waals surface area contributed by atoms with E-state index >= 15 is 0 Å². The number of nitrogens with zero attached hydrogens (tertiary/aromatic N) is 1. The number of ketones is 1. The summed E-state index contributed by atoms with van der Waals surface area (Å²) < 4.78 is 11.3. The van der Waals surface area contributed by atoms with Gasteiger partial charge in [-0.25, -0.2) is 4.79 Å². The third-order valence-electron chi connectivity index (χ3n) is 7.03. The van der Waals surface area contributed by atoms with Crippen molar-refractivity contribution in [2.24, 2.45) is 5.92 Å². The van der Waals surface area contributed by atoms with Gasteiger partial charge in [0.2, 0.25) is 0 Å².